The number of carbonyl (C=O) groups excluding carboxylic acids is 2. The topological polar surface area (TPSA) is 63.4 Å². The fourth-order valence-corrected chi connectivity index (χ4v) is 1.25. The molecule has 0 aliphatic rings. The van der Waals surface area contributed by atoms with E-state index in [2.05, 4.69) is 0 Å². The van der Waals surface area contributed by atoms with Gasteiger partial charge in [-0.2, -0.15) is 0 Å². The first-order valence-electron chi connectivity index (χ1n) is 4.72. The van der Waals surface area contributed by atoms with Crippen LogP contribution in [0.2, 0.25) is 0 Å². The standard InChI is InChI=1S/C11H14N2O2/c1-9(12)11(15)13(7-8-14)10-5-3-2-4-6-10/h2-6,8-9H,7,12H2,1H3/t9-/m1/s1. The number of carbonyl (C=O) groups is 2. The molecule has 1 rings (SSSR count). The molecule has 0 heterocycles. The monoisotopic (exact) mass is 206 g/mol. The van der Waals surface area contributed by atoms with Gasteiger partial charge in [-0.25, -0.2) is 0 Å². The fourth-order valence-electron chi connectivity index (χ4n) is 1.25. The van der Waals surface area contributed by atoms with Crippen LogP contribution < -0.4 is 10.6 Å². The average molecular weight is 206 g/mol. The van der Waals surface area contributed by atoms with Crippen molar-refractivity contribution in [2.45, 2.75) is 13.0 Å². The summed E-state index contributed by atoms with van der Waals surface area (Å²) < 4.78 is 0. The summed E-state index contributed by atoms with van der Waals surface area (Å²) in [6.07, 6.45) is 0.688. The summed E-state index contributed by atoms with van der Waals surface area (Å²) in [6.45, 7) is 1.63. The zero-order valence-electron chi connectivity index (χ0n) is 8.59. The lowest BCUT2D eigenvalue weighted by Crippen LogP contribution is -2.43. The molecule has 0 aliphatic heterocycles. The maximum absolute atomic E-state index is 11.7. The minimum atomic E-state index is -0.606. The molecule has 80 valence electrons. The van der Waals surface area contributed by atoms with Crippen LogP contribution >= 0.6 is 0 Å². The zero-order valence-corrected chi connectivity index (χ0v) is 8.59. The molecule has 0 bridgehead atoms. The van der Waals surface area contributed by atoms with Crippen LogP contribution in [0, 0.1) is 0 Å². The lowest BCUT2D eigenvalue weighted by Gasteiger charge is -2.22. The van der Waals surface area contributed by atoms with Crippen molar-refractivity contribution in [3.8, 4) is 0 Å². The van der Waals surface area contributed by atoms with Gasteiger partial charge in [0.05, 0.1) is 12.6 Å². The number of para-hydroxylation sites is 1. The number of amides is 1. The Bertz CT molecular complexity index is 336. The van der Waals surface area contributed by atoms with Crippen LogP contribution in [0.4, 0.5) is 5.69 Å². The summed E-state index contributed by atoms with van der Waals surface area (Å²) in [5, 5.41) is 0. The second-order valence-corrected chi connectivity index (χ2v) is 3.24. The molecular weight excluding hydrogens is 192 g/mol. The molecule has 0 radical (unpaired) electrons. The number of rotatable bonds is 4. The van der Waals surface area contributed by atoms with Gasteiger partial charge in [0.25, 0.3) is 0 Å². The minimum absolute atomic E-state index is 0.0321. The van der Waals surface area contributed by atoms with Gasteiger partial charge in [-0.15, -0.1) is 0 Å². The predicted octanol–water partition coefficient (Wildman–Crippen LogP) is 0.566. The Hall–Kier alpha value is -1.68. The van der Waals surface area contributed by atoms with Gasteiger partial charge in [0.15, 0.2) is 0 Å². The third-order valence-corrected chi connectivity index (χ3v) is 1.98. The lowest BCUT2D eigenvalue weighted by molar-refractivity contribution is -0.120. The van der Waals surface area contributed by atoms with E-state index in [0.29, 0.717) is 12.0 Å². The molecule has 1 aromatic rings. The van der Waals surface area contributed by atoms with Gasteiger partial charge in [0.2, 0.25) is 5.91 Å². The normalized spacial score (nSPS) is 11.9. The third-order valence-electron chi connectivity index (χ3n) is 1.98. The van der Waals surface area contributed by atoms with E-state index in [4.69, 9.17) is 5.73 Å². The summed E-state index contributed by atoms with van der Waals surface area (Å²) in [6, 6.07) is 8.39. The molecule has 1 amide bonds. The molecule has 4 heteroatoms. The van der Waals surface area contributed by atoms with Crippen molar-refractivity contribution in [3.05, 3.63) is 30.3 Å². The summed E-state index contributed by atoms with van der Waals surface area (Å²) >= 11 is 0. The van der Waals surface area contributed by atoms with Crippen LogP contribution in [0.3, 0.4) is 0 Å². The highest BCUT2D eigenvalue weighted by Crippen LogP contribution is 2.13. The SMILES string of the molecule is C[C@@H](N)C(=O)N(CC=O)c1ccccc1. The largest absolute Gasteiger partial charge is 0.320 e. The molecule has 0 unspecified atom stereocenters. The maximum Gasteiger partial charge on any atom is 0.244 e. The molecule has 2 N–H and O–H groups in total. The predicted molar refractivity (Wildman–Crippen MR) is 58.5 cm³/mol. The quantitative estimate of drug-likeness (QED) is 0.732. The molecule has 0 aromatic heterocycles. The second-order valence-electron chi connectivity index (χ2n) is 3.24. The molecule has 1 aromatic carbocycles. The van der Waals surface area contributed by atoms with E-state index in [9.17, 15) is 9.59 Å². The number of benzene rings is 1. The summed E-state index contributed by atoms with van der Waals surface area (Å²) in [4.78, 5) is 23.5. The van der Waals surface area contributed by atoms with Crippen molar-refractivity contribution >= 4 is 17.9 Å². The smallest absolute Gasteiger partial charge is 0.244 e. The summed E-state index contributed by atoms with van der Waals surface area (Å²) in [5.74, 6) is -0.256. The maximum atomic E-state index is 11.7. The van der Waals surface area contributed by atoms with E-state index in [0.717, 1.165) is 0 Å². The summed E-state index contributed by atoms with van der Waals surface area (Å²) in [7, 11) is 0. The van der Waals surface area contributed by atoms with Crippen molar-refractivity contribution in [2.24, 2.45) is 5.73 Å². The van der Waals surface area contributed by atoms with Crippen molar-refractivity contribution in [3.63, 3.8) is 0 Å². The van der Waals surface area contributed by atoms with Gasteiger partial charge in [-0.3, -0.25) is 4.79 Å². The Morgan fingerprint density at radius 2 is 2.07 bits per heavy atom. The van der Waals surface area contributed by atoms with Gasteiger partial charge < -0.3 is 15.4 Å². The fraction of sp³-hybridized carbons (Fsp3) is 0.273. The van der Waals surface area contributed by atoms with E-state index in [1.807, 2.05) is 18.2 Å². The van der Waals surface area contributed by atoms with Crippen molar-refractivity contribution in [1.82, 2.24) is 0 Å². The molecule has 15 heavy (non-hydrogen) atoms. The first-order chi connectivity index (χ1) is 7.16. The molecule has 0 saturated carbocycles. The molecule has 0 aliphatic carbocycles. The molecule has 4 nitrogen and oxygen atoms in total. The van der Waals surface area contributed by atoms with Crippen LogP contribution in [-0.2, 0) is 9.59 Å². The van der Waals surface area contributed by atoms with E-state index in [1.165, 1.54) is 4.90 Å². The Kier molecular flexibility index (Phi) is 4.00. The van der Waals surface area contributed by atoms with Gasteiger partial charge >= 0.3 is 0 Å². The van der Waals surface area contributed by atoms with Crippen LogP contribution in [0.15, 0.2) is 30.3 Å². The second kappa shape index (κ2) is 5.26. The van der Waals surface area contributed by atoms with E-state index < -0.39 is 6.04 Å². The van der Waals surface area contributed by atoms with Crippen LogP contribution in [0.25, 0.3) is 0 Å². The number of anilines is 1. The number of hydrogen-bond acceptors (Lipinski definition) is 3. The lowest BCUT2D eigenvalue weighted by atomic mass is 10.2. The zero-order chi connectivity index (χ0) is 11.3. The molecule has 0 fully saturated rings. The Morgan fingerprint density at radius 3 is 2.53 bits per heavy atom. The first kappa shape index (κ1) is 11.4. The number of hydrogen-bond donors (Lipinski definition) is 1. The van der Waals surface area contributed by atoms with Crippen molar-refractivity contribution in [1.29, 1.82) is 0 Å². The summed E-state index contributed by atoms with van der Waals surface area (Å²) in [5.41, 5.74) is 6.18. The number of nitrogens with zero attached hydrogens (tertiary/aromatic N) is 1. The molecule has 0 spiro atoms. The van der Waals surface area contributed by atoms with Crippen molar-refractivity contribution < 1.29 is 9.59 Å². The Morgan fingerprint density at radius 1 is 1.47 bits per heavy atom. The molecule has 1 atom stereocenters. The van der Waals surface area contributed by atoms with Gasteiger partial charge in [-0.1, -0.05) is 18.2 Å². The number of aldehydes is 1. The van der Waals surface area contributed by atoms with E-state index >= 15 is 0 Å². The highest BCUT2D eigenvalue weighted by atomic mass is 16.2. The van der Waals surface area contributed by atoms with Crippen LogP contribution in [-0.4, -0.2) is 24.8 Å². The minimum Gasteiger partial charge on any atom is -0.320 e. The Balaban J connectivity index is 2.93. The average Bonchev–Trinajstić information content (AvgIpc) is 2.26. The molecular formula is C11H14N2O2. The highest BCUT2D eigenvalue weighted by molar-refractivity contribution is 5.98. The van der Waals surface area contributed by atoms with Crippen molar-refractivity contribution in [2.75, 3.05) is 11.4 Å². The highest BCUT2D eigenvalue weighted by Gasteiger charge is 2.18. The number of nitrogens with two attached hydrogens (primary N) is 1. The molecule has 0 saturated heterocycles. The van der Waals surface area contributed by atoms with Gasteiger partial charge in [0, 0.05) is 5.69 Å². The Labute approximate surface area is 88.7 Å². The van der Waals surface area contributed by atoms with E-state index in [-0.39, 0.29) is 12.5 Å². The van der Waals surface area contributed by atoms with Gasteiger partial charge in [0.1, 0.15) is 6.29 Å². The third kappa shape index (κ3) is 2.89. The van der Waals surface area contributed by atoms with Crippen LogP contribution in [0.1, 0.15) is 6.92 Å². The van der Waals surface area contributed by atoms with E-state index in [1.54, 1.807) is 19.1 Å². The van der Waals surface area contributed by atoms with Gasteiger partial charge in [-0.05, 0) is 19.1 Å². The first-order valence-corrected chi connectivity index (χ1v) is 4.72. The van der Waals surface area contributed by atoms with Crippen LogP contribution in [0.5, 0.6) is 0 Å².